The molecular formula is C16H15N3. The Morgan fingerprint density at radius 2 is 1.68 bits per heavy atom. The maximum atomic E-state index is 5.97. The van der Waals surface area contributed by atoms with E-state index in [4.69, 9.17) is 5.73 Å². The molecule has 3 aromatic rings. The van der Waals surface area contributed by atoms with E-state index in [1.807, 2.05) is 41.2 Å². The molecule has 0 fully saturated rings. The molecule has 2 N–H and O–H groups in total. The SMILES string of the molecule is Cc1ccc(-n2ccc(-c3ccccc3N)n2)cc1. The Labute approximate surface area is 112 Å². The van der Waals surface area contributed by atoms with Gasteiger partial charge in [-0.3, -0.25) is 0 Å². The summed E-state index contributed by atoms with van der Waals surface area (Å²) in [5.74, 6) is 0. The molecule has 94 valence electrons. The number of hydrogen-bond donors (Lipinski definition) is 1. The number of nitrogens with two attached hydrogens (primary N) is 1. The average molecular weight is 249 g/mol. The molecule has 0 saturated heterocycles. The molecule has 0 atom stereocenters. The summed E-state index contributed by atoms with van der Waals surface area (Å²) >= 11 is 0. The van der Waals surface area contributed by atoms with Gasteiger partial charge in [-0.1, -0.05) is 35.9 Å². The fourth-order valence-electron chi connectivity index (χ4n) is 2.04. The van der Waals surface area contributed by atoms with Crippen molar-refractivity contribution in [2.24, 2.45) is 0 Å². The van der Waals surface area contributed by atoms with Gasteiger partial charge in [0.2, 0.25) is 0 Å². The number of aromatic nitrogens is 2. The standard InChI is InChI=1S/C16H15N3/c1-12-6-8-13(9-7-12)19-11-10-16(18-19)14-4-2-3-5-15(14)17/h2-11H,17H2,1H3. The molecule has 1 aromatic heterocycles. The van der Waals surface area contributed by atoms with Crippen molar-refractivity contribution in [1.82, 2.24) is 9.78 Å². The minimum Gasteiger partial charge on any atom is -0.398 e. The summed E-state index contributed by atoms with van der Waals surface area (Å²) in [5.41, 5.74) is 10.9. The molecule has 3 nitrogen and oxygen atoms in total. The molecule has 0 aliphatic rings. The Hall–Kier alpha value is -2.55. The molecule has 3 rings (SSSR count). The predicted molar refractivity (Wildman–Crippen MR) is 78.1 cm³/mol. The molecule has 0 aliphatic carbocycles. The second-order valence-electron chi connectivity index (χ2n) is 4.57. The van der Waals surface area contributed by atoms with E-state index >= 15 is 0 Å². The van der Waals surface area contributed by atoms with E-state index in [9.17, 15) is 0 Å². The number of aryl methyl sites for hydroxylation is 1. The molecule has 3 heteroatoms. The fraction of sp³-hybridized carbons (Fsp3) is 0.0625. The van der Waals surface area contributed by atoms with Crippen LogP contribution in [-0.2, 0) is 0 Å². The summed E-state index contributed by atoms with van der Waals surface area (Å²) in [6, 6.07) is 18.0. The molecule has 0 radical (unpaired) electrons. The van der Waals surface area contributed by atoms with Crippen LogP contribution in [0.2, 0.25) is 0 Å². The topological polar surface area (TPSA) is 43.8 Å². The van der Waals surface area contributed by atoms with E-state index in [0.717, 1.165) is 22.6 Å². The van der Waals surface area contributed by atoms with Gasteiger partial charge in [0.1, 0.15) is 0 Å². The van der Waals surface area contributed by atoms with Gasteiger partial charge in [0.25, 0.3) is 0 Å². The largest absolute Gasteiger partial charge is 0.398 e. The first-order valence-corrected chi connectivity index (χ1v) is 6.21. The fourth-order valence-corrected chi connectivity index (χ4v) is 2.04. The minimum absolute atomic E-state index is 0.747. The van der Waals surface area contributed by atoms with E-state index in [0.29, 0.717) is 0 Å². The van der Waals surface area contributed by atoms with Crippen LogP contribution < -0.4 is 5.73 Å². The number of hydrogen-bond acceptors (Lipinski definition) is 2. The average Bonchev–Trinajstić information content (AvgIpc) is 2.89. The van der Waals surface area contributed by atoms with Gasteiger partial charge in [-0.05, 0) is 31.2 Å². The lowest BCUT2D eigenvalue weighted by Crippen LogP contribution is -1.95. The summed E-state index contributed by atoms with van der Waals surface area (Å²) in [4.78, 5) is 0. The second-order valence-corrected chi connectivity index (χ2v) is 4.57. The van der Waals surface area contributed by atoms with Crippen molar-refractivity contribution in [3.05, 3.63) is 66.4 Å². The lowest BCUT2D eigenvalue weighted by molar-refractivity contribution is 0.884. The minimum atomic E-state index is 0.747. The molecule has 0 aliphatic heterocycles. The highest BCUT2D eigenvalue weighted by Gasteiger charge is 2.06. The third-order valence-electron chi connectivity index (χ3n) is 3.12. The van der Waals surface area contributed by atoms with Crippen LogP contribution in [0.15, 0.2) is 60.8 Å². The van der Waals surface area contributed by atoms with Crippen molar-refractivity contribution in [3.63, 3.8) is 0 Å². The van der Waals surface area contributed by atoms with E-state index in [-0.39, 0.29) is 0 Å². The van der Waals surface area contributed by atoms with Crippen molar-refractivity contribution < 1.29 is 0 Å². The lowest BCUT2D eigenvalue weighted by Gasteiger charge is -2.03. The van der Waals surface area contributed by atoms with Crippen LogP contribution >= 0.6 is 0 Å². The van der Waals surface area contributed by atoms with Crippen LogP contribution in [0.3, 0.4) is 0 Å². The number of benzene rings is 2. The normalized spacial score (nSPS) is 10.6. The van der Waals surface area contributed by atoms with Crippen LogP contribution in [-0.4, -0.2) is 9.78 Å². The van der Waals surface area contributed by atoms with Crippen molar-refractivity contribution in [2.75, 3.05) is 5.73 Å². The van der Waals surface area contributed by atoms with Gasteiger partial charge < -0.3 is 5.73 Å². The zero-order valence-electron chi connectivity index (χ0n) is 10.7. The quantitative estimate of drug-likeness (QED) is 0.707. The Morgan fingerprint density at radius 3 is 2.42 bits per heavy atom. The lowest BCUT2D eigenvalue weighted by atomic mass is 10.1. The van der Waals surface area contributed by atoms with Crippen molar-refractivity contribution in [1.29, 1.82) is 0 Å². The Balaban J connectivity index is 2.00. The van der Waals surface area contributed by atoms with E-state index in [1.165, 1.54) is 5.56 Å². The van der Waals surface area contributed by atoms with E-state index < -0.39 is 0 Å². The van der Waals surface area contributed by atoms with Gasteiger partial charge in [-0.25, -0.2) is 4.68 Å². The second kappa shape index (κ2) is 4.61. The van der Waals surface area contributed by atoms with Gasteiger partial charge in [0.05, 0.1) is 11.4 Å². The molecule has 0 saturated carbocycles. The molecule has 2 aromatic carbocycles. The molecule has 1 heterocycles. The first-order valence-electron chi connectivity index (χ1n) is 6.21. The smallest absolute Gasteiger partial charge is 0.0948 e. The van der Waals surface area contributed by atoms with Gasteiger partial charge in [-0.15, -0.1) is 0 Å². The van der Waals surface area contributed by atoms with Gasteiger partial charge >= 0.3 is 0 Å². The number of nitrogens with zero attached hydrogens (tertiary/aromatic N) is 2. The highest BCUT2D eigenvalue weighted by Crippen LogP contribution is 2.24. The summed E-state index contributed by atoms with van der Waals surface area (Å²) < 4.78 is 1.86. The summed E-state index contributed by atoms with van der Waals surface area (Å²) in [6.45, 7) is 2.07. The molecule has 0 spiro atoms. The van der Waals surface area contributed by atoms with E-state index in [2.05, 4.69) is 36.3 Å². The van der Waals surface area contributed by atoms with Crippen LogP contribution in [0.5, 0.6) is 0 Å². The Morgan fingerprint density at radius 1 is 0.947 bits per heavy atom. The molecule has 0 unspecified atom stereocenters. The van der Waals surface area contributed by atoms with Crippen molar-refractivity contribution >= 4 is 5.69 Å². The number of anilines is 1. The summed E-state index contributed by atoms with van der Waals surface area (Å²) in [6.07, 6.45) is 1.95. The van der Waals surface area contributed by atoms with Crippen LogP contribution in [0, 0.1) is 6.92 Å². The summed E-state index contributed by atoms with van der Waals surface area (Å²) in [5, 5.41) is 4.58. The summed E-state index contributed by atoms with van der Waals surface area (Å²) in [7, 11) is 0. The van der Waals surface area contributed by atoms with Crippen LogP contribution in [0.4, 0.5) is 5.69 Å². The molecule has 19 heavy (non-hydrogen) atoms. The van der Waals surface area contributed by atoms with Crippen molar-refractivity contribution in [2.45, 2.75) is 6.92 Å². The molecular weight excluding hydrogens is 234 g/mol. The third kappa shape index (κ3) is 2.22. The zero-order chi connectivity index (χ0) is 13.2. The van der Waals surface area contributed by atoms with E-state index in [1.54, 1.807) is 0 Å². The highest BCUT2D eigenvalue weighted by molar-refractivity contribution is 5.73. The van der Waals surface area contributed by atoms with Gasteiger partial charge in [0, 0.05) is 17.4 Å². The number of rotatable bonds is 2. The van der Waals surface area contributed by atoms with Crippen LogP contribution in [0.1, 0.15) is 5.56 Å². The Kier molecular flexibility index (Phi) is 2.80. The first-order chi connectivity index (χ1) is 9.24. The number of nitrogen functional groups attached to an aromatic ring is 1. The Bertz CT molecular complexity index is 696. The molecule has 0 amide bonds. The monoisotopic (exact) mass is 249 g/mol. The molecule has 0 bridgehead atoms. The predicted octanol–water partition coefficient (Wildman–Crippen LogP) is 3.43. The maximum Gasteiger partial charge on any atom is 0.0948 e. The van der Waals surface area contributed by atoms with Crippen LogP contribution in [0.25, 0.3) is 16.9 Å². The zero-order valence-corrected chi connectivity index (χ0v) is 10.7. The highest BCUT2D eigenvalue weighted by atomic mass is 15.3. The van der Waals surface area contributed by atoms with Gasteiger partial charge in [0.15, 0.2) is 0 Å². The van der Waals surface area contributed by atoms with Crippen molar-refractivity contribution in [3.8, 4) is 16.9 Å². The van der Waals surface area contributed by atoms with Gasteiger partial charge in [-0.2, -0.15) is 5.10 Å². The maximum absolute atomic E-state index is 5.97. The third-order valence-corrected chi connectivity index (χ3v) is 3.12. The first kappa shape index (κ1) is 11.5. The number of para-hydroxylation sites is 1.